The minimum absolute atomic E-state index is 0.302. The van der Waals surface area contributed by atoms with Gasteiger partial charge in [-0.3, -0.25) is 0 Å². The highest BCUT2D eigenvalue weighted by Crippen LogP contribution is 2.28. The predicted octanol–water partition coefficient (Wildman–Crippen LogP) is 2.66. The van der Waals surface area contributed by atoms with Crippen molar-refractivity contribution in [2.75, 3.05) is 0 Å². The molecule has 0 spiro atoms. The normalized spacial score (nSPS) is 19.4. The van der Waals surface area contributed by atoms with Gasteiger partial charge >= 0.3 is 0 Å². The molecule has 2 N–H and O–H groups in total. The standard InChI is InChI=1S/C9H11N.C2H6/c10-9-6-5-7-3-1-2-4-8(7)9;1-2/h1-4,9H,5-6,10H2;1-2H3/t9-;/m0./s1. The van der Waals surface area contributed by atoms with Crippen LogP contribution in [0.5, 0.6) is 0 Å². The average Bonchev–Trinajstić information content (AvgIpc) is 2.53. The summed E-state index contributed by atoms with van der Waals surface area (Å²) >= 11 is 0. The average molecular weight is 163 g/mol. The summed E-state index contributed by atoms with van der Waals surface area (Å²) in [4.78, 5) is 0. The van der Waals surface area contributed by atoms with Crippen LogP contribution in [-0.2, 0) is 6.42 Å². The number of benzene rings is 1. The van der Waals surface area contributed by atoms with E-state index in [1.807, 2.05) is 13.8 Å². The largest absolute Gasteiger partial charge is 0.324 e. The molecule has 1 aliphatic rings. The van der Waals surface area contributed by atoms with Crippen LogP contribution in [0.4, 0.5) is 0 Å². The van der Waals surface area contributed by atoms with Gasteiger partial charge in [-0.2, -0.15) is 0 Å². The molecule has 1 atom stereocenters. The Balaban J connectivity index is 0.000000336. The van der Waals surface area contributed by atoms with Gasteiger partial charge in [0.15, 0.2) is 0 Å². The van der Waals surface area contributed by atoms with E-state index in [4.69, 9.17) is 5.73 Å². The topological polar surface area (TPSA) is 26.0 Å². The van der Waals surface area contributed by atoms with Crippen LogP contribution >= 0.6 is 0 Å². The van der Waals surface area contributed by atoms with Crippen molar-refractivity contribution in [1.29, 1.82) is 0 Å². The minimum atomic E-state index is 0.302. The third-order valence-corrected chi connectivity index (χ3v) is 2.18. The third kappa shape index (κ3) is 1.67. The van der Waals surface area contributed by atoms with Gasteiger partial charge in [-0.1, -0.05) is 38.1 Å². The maximum atomic E-state index is 5.85. The highest BCUT2D eigenvalue weighted by atomic mass is 14.6. The van der Waals surface area contributed by atoms with Gasteiger partial charge in [0, 0.05) is 6.04 Å². The van der Waals surface area contributed by atoms with Crippen molar-refractivity contribution in [1.82, 2.24) is 0 Å². The first-order valence-corrected chi connectivity index (χ1v) is 4.71. The monoisotopic (exact) mass is 163 g/mol. The van der Waals surface area contributed by atoms with Crippen molar-refractivity contribution < 1.29 is 0 Å². The van der Waals surface area contributed by atoms with E-state index in [0.717, 1.165) is 12.8 Å². The van der Waals surface area contributed by atoms with E-state index in [1.165, 1.54) is 11.1 Å². The molecule has 0 aromatic heterocycles. The molecule has 1 heteroatoms. The minimum Gasteiger partial charge on any atom is -0.324 e. The van der Waals surface area contributed by atoms with Crippen LogP contribution in [0, 0.1) is 0 Å². The first-order chi connectivity index (χ1) is 5.88. The number of aryl methyl sites for hydroxylation is 1. The molecule has 66 valence electrons. The molecule has 1 aliphatic carbocycles. The Hall–Kier alpha value is -0.820. The third-order valence-electron chi connectivity index (χ3n) is 2.18. The Kier molecular flexibility index (Phi) is 3.30. The Morgan fingerprint density at radius 3 is 2.58 bits per heavy atom. The molecule has 1 aromatic rings. The number of nitrogens with two attached hydrogens (primary N) is 1. The van der Waals surface area contributed by atoms with Gasteiger partial charge < -0.3 is 5.73 Å². The van der Waals surface area contributed by atoms with Crippen molar-refractivity contribution in [3.8, 4) is 0 Å². The zero-order chi connectivity index (χ0) is 8.97. The Morgan fingerprint density at radius 2 is 1.92 bits per heavy atom. The molecule has 0 bridgehead atoms. The van der Waals surface area contributed by atoms with Gasteiger partial charge in [-0.05, 0) is 24.0 Å². The second kappa shape index (κ2) is 4.27. The van der Waals surface area contributed by atoms with Crippen LogP contribution < -0.4 is 5.73 Å². The second-order valence-electron chi connectivity index (χ2n) is 2.84. The fraction of sp³-hybridized carbons (Fsp3) is 0.455. The number of rotatable bonds is 0. The highest BCUT2D eigenvalue weighted by molar-refractivity contribution is 5.33. The van der Waals surface area contributed by atoms with E-state index in [2.05, 4.69) is 24.3 Å². The molecular formula is C11H17N. The lowest BCUT2D eigenvalue weighted by Gasteiger charge is -2.01. The molecule has 1 nitrogen and oxygen atoms in total. The molecule has 0 amide bonds. The van der Waals surface area contributed by atoms with E-state index in [0.29, 0.717) is 6.04 Å². The molecule has 12 heavy (non-hydrogen) atoms. The van der Waals surface area contributed by atoms with Crippen molar-refractivity contribution in [3.05, 3.63) is 35.4 Å². The quantitative estimate of drug-likeness (QED) is 0.625. The first kappa shape index (κ1) is 9.27. The van der Waals surface area contributed by atoms with Crippen molar-refractivity contribution in [3.63, 3.8) is 0 Å². The van der Waals surface area contributed by atoms with E-state index in [9.17, 15) is 0 Å². The molecular weight excluding hydrogens is 146 g/mol. The lowest BCUT2D eigenvalue weighted by atomic mass is 10.1. The molecule has 2 rings (SSSR count). The van der Waals surface area contributed by atoms with Crippen LogP contribution in [0.1, 0.15) is 37.4 Å². The van der Waals surface area contributed by atoms with E-state index in [-0.39, 0.29) is 0 Å². The van der Waals surface area contributed by atoms with Gasteiger partial charge in [-0.15, -0.1) is 0 Å². The Bertz CT molecular complexity index is 243. The number of fused-ring (bicyclic) bond motifs is 1. The molecule has 1 aromatic carbocycles. The van der Waals surface area contributed by atoms with Crippen molar-refractivity contribution >= 4 is 0 Å². The van der Waals surface area contributed by atoms with Gasteiger partial charge in [0.2, 0.25) is 0 Å². The summed E-state index contributed by atoms with van der Waals surface area (Å²) in [6.45, 7) is 4.00. The summed E-state index contributed by atoms with van der Waals surface area (Å²) in [5, 5.41) is 0. The van der Waals surface area contributed by atoms with Crippen LogP contribution in [0.3, 0.4) is 0 Å². The predicted molar refractivity (Wildman–Crippen MR) is 53.0 cm³/mol. The molecule has 0 saturated heterocycles. The van der Waals surface area contributed by atoms with E-state index >= 15 is 0 Å². The summed E-state index contributed by atoms with van der Waals surface area (Å²) in [6.07, 6.45) is 2.29. The lowest BCUT2D eigenvalue weighted by Crippen LogP contribution is -2.04. The SMILES string of the molecule is CC.N[C@H]1CCc2ccccc21. The molecule has 0 unspecified atom stereocenters. The smallest absolute Gasteiger partial charge is 0.0300 e. The second-order valence-corrected chi connectivity index (χ2v) is 2.84. The van der Waals surface area contributed by atoms with Crippen LogP contribution in [0.25, 0.3) is 0 Å². The molecule has 0 aliphatic heterocycles. The van der Waals surface area contributed by atoms with Gasteiger partial charge in [0.1, 0.15) is 0 Å². The molecule has 0 heterocycles. The summed E-state index contributed by atoms with van der Waals surface area (Å²) in [5.74, 6) is 0. The summed E-state index contributed by atoms with van der Waals surface area (Å²) in [6, 6.07) is 8.74. The summed E-state index contributed by atoms with van der Waals surface area (Å²) in [5.41, 5.74) is 8.64. The Labute approximate surface area is 74.6 Å². The lowest BCUT2D eigenvalue weighted by molar-refractivity contribution is 0.713. The van der Waals surface area contributed by atoms with Crippen LogP contribution in [0.2, 0.25) is 0 Å². The number of hydrogen-bond donors (Lipinski definition) is 1. The van der Waals surface area contributed by atoms with Crippen molar-refractivity contribution in [2.24, 2.45) is 5.73 Å². The number of hydrogen-bond acceptors (Lipinski definition) is 1. The van der Waals surface area contributed by atoms with Crippen LogP contribution in [-0.4, -0.2) is 0 Å². The summed E-state index contributed by atoms with van der Waals surface area (Å²) < 4.78 is 0. The zero-order valence-corrected chi connectivity index (χ0v) is 7.88. The Morgan fingerprint density at radius 1 is 1.25 bits per heavy atom. The van der Waals surface area contributed by atoms with E-state index in [1.54, 1.807) is 0 Å². The highest BCUT2D eigenvalue weighted by Gasteiger charge is 2.16. The van der Waals surface area contributed by atoms with Crippen LogP contribution in [0.15, 0.2) is 24.3 Å². The van der Waals surface area contributed by atoms with Gasteiger partial charge in [-0.25, -0.2) is 0 Å². The zero-order valence-electron chi connectivity index (χ0n) is 7.88. The maximum Gasteiger partial charge on any atom is 0.0300 e. The summed E-state index contributed by atoms with van der Waals surface area (Å²) in [7, 11) is 0. The van der Waals surface area contributed by atoms with E-state index < -0.39 is 0 Å². The fourth-order valence-corrected chi connectivity index (χ4v) is 1.59. The van der Waals surface area contributed by atoms with Gasteiger partial charge in [0.25, 0.3) is 0 Å². The molecule has 0 radical (unpaired) electrons. The fourth-order valence-electron chi connectivity index (χ4n) is 1.59. The first-order valence-electron chi connectivity index (χ1n) is 4.71. The van der Waals surface area contributed by atoms with Gasteiger partial charge in [0.05, 0.1) is 0 Å². The molecule has 0 saturated carbocycles. The maximum absolute atomic E-state index is 5.85. The molecule has 0 fully saturated rings. The van der Waals surface area contributed by atoms with Crippen molar-refractivity contribution in [2.45, 2.75) is 32.7 Å².